The average molecular weight is 271 g/mol. The Kier molecular flexibility index (Phi) is 3.79. The van der Waals surface area contributed by atoms with Gasteiger partial charge in [0, 0.05) is 31.5 Å². The largest absolute Gasteiger partial charge is 0.363 e. The number of aromatic nitrogens is 1. The quantitative estimate of drug-likeness (QED) is 0.816. The summed E-state index contributed by atoms with van der Waals surface area (Å²) in [7, 11) is 0.133. The highest BCUT2D eigenvalue weighted by atomic mass is 32.2. The van der Waals surface area contributed by atoms with Crippen LogP contribution >= 0.6 is 0 Å². The molecule has 0 spiro atoms. The maximum Gasteiger partial charge on any atom is 0.244 e. The zero-order valence-corrected chi connectivity index (χ0v) is 11.9. The first-order valence-corrected chi connectivity index (χ1v) is 7.70. The molecule has 1 heterocycles. The Balaban J connectivity index is 2.17. The van der Waals surface area contributed by atoms with E-state index in [2.05, 4.69) is 10.3 Å². The van der Waals surface area contributed by atoms with Crippen LogP contribution in [0.5, 0.6) is 0 Å². The van der Waals surface area contributed by atoms with E-state index in [1.807, 2.05) is 14.0 Å². The molecule has 5 nitrogen and oxygen atoms in total. The first-order valence-electron chi connectivity index (χ1n) is 6.26. The molecular weight excluding hydrogens is 250 g/mol. The summed E-state index contributed by atoms with van der Waals surface area (Å²) in [6, 6.07) is 1.78. The number of rotatable bonds is 6. The van der Waals surface area contributed by atoms with Crippen molar-refractivity contribution in [1.82, 2.24) is 14.6 Å². The van der Waals surface area contributed by atoms with E-state index in [1.165, 1.54) is 4.31 Å². The highest BCUT2D eigenvalue weighted by Crippen LogP contribution is 2.36. The molecular formula is C12H21N3O2S. The lowest BCUT2D eigenvalue weighted by molar-refractivity contribution is 0.357. The van der Waals surface area contributed by atoms with E-state index in [9.17, 15) is 8.42 Å². The summed E-state index contributed by atoms with van der Waals surface area (Å²) in [6.45, 7) is 2.62. The fraction of sp³-hybridized carbons (Fsp3) is 0.667. The van der Waals surface area contributed by atoms with Crippen molar-refractivity contribution >= 4 is 10.0 Å². The molecule has 0 amide bonds. The molecule has 0 saturated heterocycles. The Labute approximate surface area is 109 Å². The predicted molar refractivity (Wildman–Crippen MR) is 70.7 cm³/mol. The number of nitrogens with one attached hydrogen (secondary N) is 2. The van der Waals surface area contributed by atoms with Crippen LogP contribution in [-0.4, -0.2) is 37.8 Å². The van der Waals surface area contributed by atoms with E-state index in [4.69, 9.17) is 0 Å². The molecule has 2 N–H and O–H groups in total. The third-order valence-corrected chi connectivity index (χ3v) is 5.56. The topological polar surface area (TPSA) is 65.2 Å². The Hall–Kier alpha value is -0.850. The van der Waals surface area contributed by atoms with Gasteiger partial charge in [-0.3, -0.25) is 0 Å². The molecule has 1 atom stereocenters. The van der Waals surface area contributed by atoms with Gasteiger partial charge in [0.05, 0.1) is 4.90 Å². The third-order valence-electron chi connectivity index (χ3n) is 3.64. The van der Waals surface area contributed by atoms with E-state index < -0.39 is 10.0 Å². The van der Waals surface area contributed by atoms with Crippen molar-refractivity contribution in [3.05, 3.63) is 18.0 Å². The van der Waals surface area contributed by atoms with Crippen molar-refractivity contribution < 1.29 is 8.42 Å². The molecule has 1 aromatic rings. The number of sulfonamides is 1. The molecule has 102 valence electrons. The molecule has 1 saturated carbocycles. The number of H-pyrrole nitrogens is 1. The second kappa shape index (κ2) is 5.03. The second-order valence-electron chi connectivity index (χ2n) is 4.99. The van der Waals surface area contributed by atoms with Gasteiger partial charge in [0.2, 0.25) is 10.0 Å². The normalized spacial score (nSPS) is 18.2. The molecule has 0 radical (unpaired) electrons. The fourth-order valence-corrected chi connectivity index (χ4v) is 3.56. The van der Waals surface area contributed by atoms with Gasteiger partial charge < -0.3 is 10.3 Å². The number of aromatic amines is 1. The molecule has 1 aliphatic rings. The van der Waals surface area contributed by atoms with Gasteiger partial charge in [-0.1, -0.05) is 0 Å². The Bertz CT molecular complexity index is 505. The highest BCUT2D eigenvalue weighted by Gasteiger charge is 2.36. The van der Waals surface area contributed by atoms with Crippen LogP contribution in [0.25, 0.3) is 0 Å². The minimum absolute atomic E-state index is 0.0812. The van der Waals surface area contributed by atoms with Crippen LogP contribution in [0, 0.1) is 5.92 Å². The van der Waals surface area contributed by atoms with Crippen molar-refractivity contribution in [3.8, 4) is 0 Å². The smallest absolute Gasteiger partial charge is 0.244 e. The SMILES string of the molecule is CNCc1cc(S(=O)(=O)N(C)C(C)C2CC2)c[nH]1. The first-order chi connectivity index (χ1) is 8.46. The van der Waals surface area contributed by atoms with E-state index in [0.717, 1.165) is 18.5 Å². The van der Waals surface area contributed by atoms with Crippen molar-refractivity contribution in [3.63, 3.8) is 0 Å². The van der Waals surface area contributed by atoms with Gasteiger partial charge in [-0.25, -0.2) is 8.42 Å². The molecule has 1 aromatic heterocycles. The molecule has 2 rings (SSSR count). The molecule has 18 heavy (non-hydrogen) atoms. The lowest BCUT2D eigenvalue weighted by Gasteiger charge is -2.23. The zero-order valence-electron chi connectivity index (χ0n) is 11.1. The molecule has 0 bridgehead atoms. The number of hydrogen-bond donors (Lipinski definition) is 2. The lowest BCUT2D eigenvalue weighted by Crippen LogP contribution is -2.36. The standard InChI is InChI=1S/C12H21N3O2S/c1-9(10-4-5-10)15(3)18(16,17)12-6-11(7-13-2)14-8-12/h6,8-10,13-14H,4-5,7H2,1-3H3. The third kappa shape index (κ3) is 2.60. The maximum atomic E-state index is 12.4. The predicted octanol–water partition coefficient (Wildman–Crippen LogP) is 1.15. The monoisotopic (exact) mass is 271 g/mol. The molecule has 0 aliphatic heterocycles. The first kappa shape index (κ1) is 13.6. The van der Waals surface area contributed by atoms with Gasteiger partial charge in [-0.05, 0) is 38.8 Å². The van der Waals surface area contributed by atoms with Crippen molar-refractivity contribution in [2.75, 3.05) is 14.1 Å². The van der Waals surface area contributed by atoms with E-state index in [0.29, 0.717) is 17.4 Å². The maximum absolute atomic E-state index is 12.4. The Morgan fingerprint density at radius 2 is 2.22 bits per heavy atom. The second-order valence-corrected chi connectivity index (χ2v) is 6.99. The van der Waals surface area contributed by atoms with Crippen LogP contribution in [0.1, 0.15) is 25.5 Å². The number of nitrogens with zero attached hydrogens (tertiary/aromatic N) is 1. The molecule has 1 aliphatic carbocycles. The summed E-state index contributed by atoms with van der Waals surface area (Å²) in [5, 5.41) is 2.99. The molecule has 1 unspecified atom stereocenters. The summed E-state index contributed by atoms with van der Waals surface area (Å²) in [6.07, 6.45) is 3.84. The average Bonchev–Trinajstić information content (AvgIpc) is 3.07. The fourth-order valence-electron chi connectivity index (χ4n) is 2.12. The van der Waals surface area contributed by atoms with Crippen LogP contribution in [-0.2, 0) is 16.6 Å². The van der Waals surface area contributed by atoms with Crippen LogP contribution in [0.15, 0.2) is 17.2 Å². The van der Waals surface area contributed by atoms with Crippen LogP contribution in [0.3, 0.4) is 0 Å². The summed E-state index contributed by atoms with van der Waals surface area (Å²) >= 11 is 0. The summed E-state index contributed by atoms with van der Waals surface area (Å²) < 4.78 is 26.3. The van der Waals surface area contributed by atoms with Gasteiger partial charge in [-0.2, -0.15) is 4.31 Å². The summed E-state index contributed by atoms with van der Waals surface area (Å²) in [4.78, 5) is 3.33. The van der Waals surface area contributed by atoms with Crippen LogP contribution in [0.4, 0.5) is 0 Å². The van der Waals surface area contributed by atoms with Crippen molar-refractivity contribution in [2.45, 2.75) is 37.2 Å². The molecule has 0 aromatic carbocycles. The van der Waals surface area contributed by atoms with E-state index in [-0.39, 0.29) is 6.04 Å². The summed E-state index contributed by atoms with van der Waals surface area (Å²) in [5.41, 5.74) is 0.878. The molecule has 6 heteroatoms. The minimum Gasteiger partial charge on any atom is -0.363 e. The van der Waals surface area contributed by atoms with Gasteiger partial charge in [0.1, 0.15) is 0 Å². The summed E-state index contributed by atoms with van der Waals surface area (Å²) in [5.74, 6) is 0.528. The lowest BCUT2D eigenvalue weighted by atomic mass is 10.2. The van der Waals surface area contributed by atoms with Crippen molar-refractivity contribution in [2.24, 2.45) is 5.92 Å². The minimum atomic E-state index is -3.37. The Morgan fingerprint density at radius 1 is 1.56 bits per heavy atom. The zero-order chi connectivity index (χ0) is 13.3. The van der Waals surface area contributed by atoms with Gasteiger partial charge >= 0.3 is 0 Å². The van der Waals surface area contributed by atoms with Crippen LogP contribution in [0.2, 0.25) is 0 Å². The van der Waals surface area contributed by atoms with Gasteiger partial charge in [0.15, 0.2) is 0 Å². The Morgan fingerprint density at radius 3 is 2.78 bits per heavy atom. The highest BCUT2D eigenvalue weighted by molar-refractivity contribution is 7.89. The molecule has 1 fully saturated rings. The number of hydrogen-bond acceptors (Lipinski definition) is 3. The van der Waals surface area contributed by atoms with Gasteiger partial charge in [0.25, 0.3) is 0 Å². The van der Waals surface area contributed by atoms with Crippen molar-refractivity contribution in [1.29, 1.82) is 0 Å². The van der Waals surface area contributed by atoms with Gasteiger partial charge in [-0.15, -0.1) is 0 Å². The van der Waals surface area contributed by atoms with Crippen LogP contribution < -0.4 is 5.32 Å². The van der Waals surface area contributed by atoms with E-state index in [1.54, 1.807) is 19.3 Å². The van der Waals surface area contributed by atoms with E-state index >= 15 is 0 Å².